The molecule has 10 nitrogen and oxygen atoms in total. The van der Waals surface area contributed by atoms with E-state index in [-0.39, 0.29) is 18.9 Å². The second kappa shape index (κ2) is 12.9. The predicted octanol–water partition coefficient (Wildman–Crippen LogP) is 4.19. The fraction of sp³-hybridized carbons (Fsp3) is 0.448. The Bertz CT molecular complexity index is 1270. The van der Waals surface area contributed by atoms with Crippen LogP contribution in [0.4, 0.5) is 4.39 Å². The lowest BCUT2D eigenvalue weighted by atomic mass is 9.85. The first-order chi connectivity index (χ1) is 19.0. The molecule has 1 heterocycles. The van der Waals surface area contributed by atoms with Crippen LogP contribution in [0.15, 0.2) is 35.7 Å². The molecule has 0 fully saturated rings. The molecule has 218 valence electrons. The number of hydrogen-bond acceptors (Lipinski definition) is 7. The van der Waals surface area contributed by atoms with Crippen LogP contribution in [0.25, 0.3) is 0 Å². The summed E-state index contributed by atoms with van der Waals surface area (Å²) in [4.78, 5) is 22.6. The Labute approximate surface area is 233 Å². The van der Waals surface area contributed by atoms with E-state index in [9.17, 15) is 19.1 Å². The van der Waals surface area contributed by atoms with E-state index in [4.69, 9.17) is 28.8 Å². The summed E-state index contributed by atoms with van der Waals surface area (Å²) in [6.07, 6.45) is 1.34. The van der Waals surface area contributed by atoms with E-state index in [1.807, 2.05) is 24.3 Å². The van der Waals surface area contributed by atoms with Gasteiger partial charge in [-0.3, -0.25) is 0 Å². The summed E-state index contributed by atoms with van der Waals surface area (Å²) in [5.74, 6) is -2.35. The van der Waals surface area contributed by atoms with E-state index < -0.39 is 23.3 Å². The second-order valence-electron chi connectivity index (χ2n) is 9.84. The Morgan fingerprint density at radius 3 is 1.95 bits per heavy atom. The van der Waals surface area contributed by atoms with Gasteiger partial charge < -0.3 is 38.4 Å². The molecule has 2 aromatic carbocycles. The summed E-state index contributed by atoms with van der Waals surface area (Å²) in [5.41, 5.74) is 2.35. The van der Waals surface area contributed by atoms with E-state index in [1.54, 1.807) is 28.4 Å². The van der Waals surface area contributed by atoms with Crippen LogP contribution in [0, 0.1) is 0 Å². The number of carboxylic acids is 2. The van der Waals surface area contributed by atoms with E-state index in [0.717, 1.165) is 23.1 Å². The molecule has 0 aliphatic carbocycles. The Morgan fingerprint density at radius 1 is 0.875 bits per heavy atom. The van der Waals surface area contributed by atoms with Crippen LogP contribution in [0.5, 0.6) is 28.7 Å². The van der Waals surface area contributed by atoms with Crippen molar-refractivity contribution >= 4 is 11.9 Å². The van der Waals surface area contributed by atoms with Gasteiger partial charge in [0.1, 0.15) is 6.04 Å². The van der Waals surface area contributed by atoms with E-state index >= 15 is 0 Å². The van der Waals surface area contributed by atoms with Crippen LogP contribution in [0.3, 0.4) is 0 Å². The van der Waals surface area contributed by atoms with Crippen molar-refractivity contribution in [1.29, 1.82) is 0 Å². The molecule has 0 aromatic heterocycles. The maximum Gasteiger partial charge on any atom is 0.365 e. The second-order valence-corrected chi connectivity index (χ2v) is 9.84. The lowest BCUT2D eigenvalue weighted by Gasteiger charge is -2.46. The SMILES string of the molecule is COc1cc2c(cc1OC)[C@@H](Cc1cc(OC)c(OC)c(OC)c1)[N@@+](C)(CCCC(C(=O)O)=C(F)C(=O)O)CC2. The first kappa shape index (κ1) is 30.6. The van der Waals surface area contributed by atoms with E-state index in [2.05, 4.69) is 7.05 Å². The van der Waals surface area contributed by atoms with Gasteiger partial charge in [-0.2, -0.15) is 4.39 Å². The summed E-state index contributed by atoms with van der Waals surface area (Å²) in [6.45, 7) is 1.19. The van der Waals surface area contributed by atoms with Crippen molar-refractivity contribution in [2.24, 2.45) is 0 Å². The van der Waals surface area contributed by atoms with Crippen molar-refractivity contribution in [2.75, 3.05) is 55.7 Å². The first-order valence-corrected chi connectivity index (χ1v) is 12.8. The number of ether oxygens (including phenoxy) is 5. The molecule has 0 unspecified atom stereocenters. The van der Waals surface area contributed by atoms with Gasteiger partial charge in [0.2, 0.25) is 11.6 Å². The zero-order chi connectivity index (χ0) is 29.6. The van der Waals surface area contributed by atoms with Gasteiger partial charge >= 0.3 is 11.9 Å². The van der Waals surface area contributed by atoms with Gasteiger partial charge in [-0.1, -0.05) is 0 Å². The molecule has 0 saturated carbocycles. The molecule has 2 N–H and O–H groups in total. The zero-order valence-electron chi connectivity index (χ0n) is 23.7. The molecule has 1 aliphatic heterocycles. The minimum atomic E-state index is -1.88. The number of halogens is 1. The lowest BCUT2D eigenvalue weighted by molar-refractivity contribution is -0.941. The van der Waals surface area contributed by atoms with Gasteiger partial charge in [0.25, 0.3) is 0 Å². The maximum absolute atomic E-state index is 14.1. The maximum atomic E-state index is 14.1. The summed E-state index contributed by atoms with van der Waals surface area (Å²) in [7, 11) is 9.88. The minimum Gasteiger partial charge on any atom is -0.493 e. The molecule has 3 rings (SSSR count). The minimum absolute atomic E-state index is 0.118. The Morgan fingerprint density at radius 2 is 1.45 bits per heavy atom. The molecule has 0 saturated heterocycles. The van der Waals surface area contributed by atoms with Gasteiger partial charge in [-0.25, -0.2) is 9.59 Å². The zero-order valence-corrected chi connectivity index (χ0v) is 23.7. The quantitative estimate of drug-likeness (QED) is 0.273. The van der Waals surface area contributed by atoms with Gasteiger partial charge in [0.05, 0.1) is 61.3 Å². The summed E-state index contributed by atoms with van der Waals surface area (Å²) in [5, 5.41) is 18.4. The van der Waals surface area contributed by atoms with Crippen molar-refractivity contribution in [3.63, 3.8) is 0 Å². The topological polar surface area (TPSA) is 121 Å². The van der Waals surface area contributed by atoms with Crippen molar-refractivity contribution in [3.05, 3.63) is 52.4 Å². The van der Waals surface area contributed by atoms with Crippen LogP contribution in [0.2, 0.25) is 0 Å². The van der Waals surface area contributed by atoms with Gasteiger partial charge in [-0.15, -0.1) is 0 Å². The molecule has 0 radical (unpaired) electrons. The van der Waals surface area contributed by atoms with E-state index in [1.165, 1.54) is 7.11 Å². The van der Waals surface area contributed by atoms with Crippen molar-refractivity contribution in [1.82, 2.24) is 0 Å². The smallest absolute Gasteiger partial charge is 0.365 e. The highest BCUT2D eigenvalue weighted by molar-refractivity contribution is 5.97. The Balaban J connectivity index is 2.06. The van der Waals surface area contributed by atoms with Crippen LogP contribution in [-0.4, -0.2) is 82.3 Å². The normalized spacial score (nSPS) is 18.7. The van der Waals surface area contributed by atoms with Crippen LogP contribution >= 0.6 is 0 Å². The summed E-state index contributed by atoms with van der Waals surface area (Å²) < 4.78 is 42.3. The Kier molecular flexibility index (Phi) is 9.86. The lowest BCUT2D eigenvalue weighted by Crippen LogP contribution is -2.52. The standard InChI is InChI=1S/C29H36FNO9/c1-31(10-7-8-19(28(32)33)26(30)29(34)35)11-9-18-15-22(36-2)23(37-3)16-20(18)21(31)12-17-13-24(38-4)27(40-6)25(14-17)39-5/h13-16,21H,7-12H2,1-6H3,(H-,32,33,34,35)/p+1/t21-,31+/m1/s1. The Hall–Kier alpha value is -3.99. The summed E-state index contributed by atoms with van der Waals surface area (Å²) in [6, 6.07) is 7.63. The fourth-order valence-corrected chi connectivity index (χ4v) is 5.46. The largest absolute Gasteiger partial charge is 0.493 e. The molecule has 0 amide bonds. The predicted molar refractivity (Wildman–Crippen MR) is 144 cm³/mol. The number of likely N-dealkylation sites (N-methyl/N-ethyl adjacent to an activating group) is 1. The number of rotatable bonds is 13. The highest BCUT2D eigenvalue weighted by Gasteiger charge is 2.40. The van der Waals surface area contributed by atoms with Crippen molar-refractivity contribution in [3.8, 4) is 28.7 Å². The van der Waals surface area contributed by atoms with Gasteiger partial charge in [-0.05, 0) is 41.8 Å². The molecular formula is C29H37FNO9+. The molecule has 0 spiro atoms. The van der Waals surface area contributed by atoms with Gasteiger partial charge in [0, 0.05) is 24.8 Å². The van der Waals surface area contributed by atoms with Crippen molar-refractivity contribution in [2.45, 2.75) is 31.7 Å². The first-order valence-electron chi connectivity index (χ1n) is 12.8. The van der Waals surface area contributed by atoms with E-state index in [0.29, 0.717) is 52.7 Å². The third kappa shape index (κ3) is 6.25. The average molecular weight is 563 g/mol. The van der Waals surface area contributed by atoms with Crippen LogP contribution < -0.4 is 23.7 Å². The van der Waals surface area contributed by atoms with Gasteiger partial charge in [0.15, 0.2) is 23.0 Å². The number of benzene rings is 2. The number of quaternary nitrogens is 1. The number of methoxy groups -OCH3 is 5. The number of carboxylic acid groups (broad SMARTS) is 2. The molecule has 1 aliphatic rings. The van der Waals surface area contributed by atoms with Crippen LogP contribution in [-0.2, 0) is 22.4 Å². The third-order valence-corrected chi connectivity index (χ3v) is 7.61. The molecule has 2 atom stereocenters. The number of carbonyl (C=O) groups is 2. The average Bonchev–Trinajstić information content (AvgIpc) is 2.94. The number of nitrogens with zero attached hydrogens (tertiary/aromatic N) is 1. The number of hydrogen-bond donors (Lipinski definition) is 2. The van der Waals surface area contributed by atoms with Crippen molar-refractivity contribution < 1.29 is 52.4 Å². The monoisotopic (exact) mass is 562 g/mol. The molecule has 2 aromatic rings. The fourth-order valence-electron chi connectivity index (χ4n) is 5.46. The highest BCUT2D eigenvalue weighted by atomic mass is 19.1. The molecule has 0 bridgehead atoms. The number of aliphatic carboxylic acids is 2. The summed E-state index contributed by atoms with van der Waals surface area (Å²) >= 11 is 0. The highest BCUT2D eigenvalue weighted by Crippen LogP contribution is 2.45. The van der Waals surface area contributed by atoms with Crippen LogP contribution in [0.1, 0.15) is 35.6 Å². The molecule has 11 heteroatoms. The third-order valence-electron chi connectivity index (χ3n) is 7.61. The molecular weight excluding hydrogens is 525 g/mol. The number of fused-ring (bicyclic) bond motifs is 1. The molecule has 40 heavy (non-hydrogen) atoms.